The van der Waals surface area contributed by atoms with Crippen molar-refractivity contribution in [2.45, 2.75) is 39.2 Å². The summed E-state index contributed by atoms with van der Waals surface area (Å²) in [6, 6.07) is 5.86. The van der Waals surface area contributed by atoms with Crippen molar-refractivity contribution in [1.29, 1.82) is 0 Å². The van der Waals surface area contributed by atoms with E-state index in [2.05, 4.69) is 17.1 Å². The van der Waals surface area contributed by atoms with Crippen molar-refractivity contribution < 1.29 is 4.79 Å². The molecule has 110 valence electrons. The normalized spacial score (nSPS) is 17.7. The summed E-state index contributed by atoms with van der Waals surface area (Å²) >= 11 is 0. The van der Waals surface area contributed by atoms with Gasteiger partial charge in [0.25, 0.3) is 5.91 Å². The fourth-order valence-electron chi connectivity index (χ4n) is 2.72. The second-order valence-corrected chi connectivity index (χ2v) is 5.68. The number of benzene rings is 1. The van der Waals surface area contributed by atoms with Crippen LogP contribution >= 0.6 is 0 Å². The van der Waals surface area contributed by atoms with Gasteiger partial charge in [-0.3, -0.25) is 9.69 Å². The highest BCUT2D eigenvalue weighted by molar-refractivity contribution is 5.96. The number of nitrogens with zero attached hydrogens (tertiary/aromatic N) is 1. The van der Waals surface area contributed by atoms with Gasteiger partial charge in [-0.2, -0.15) is 0 Å². The fraction of sp³-hybridized carbons (Fsp3) is 0.562. The minimum Gasteiger partial charge on any atom is -0.398 e. The van der Waals surface area contributed by atoms with E-state index in [1.165, 1.54) is 19.3 Å². The van der Waals surface area contributed by atoms with Crippen molar-refractivity contribution in [2.75, 3.05) is 25.4 Å². The number of nitrogen functional groups attached to an aromatic ring is 1. The molecule has 2 rings (SSSR count). The molecule has 1 fully saturated rings. The molecule has 1 aliphatic rings. The minimum atomic E-state index is -0.0290. The van der Waals surface area contributed by atoms with Gasteiger partial charge in [0.2, 0.25) is 0 Å². The monoisotopic (exact) mass is 275 g/mol. The van der Waals surface area contributed by atoms with Crippen LogP contribution in [0.2, 0.25) is 0 Å². The van der Waals surface area contributed by atoms with Crippen LogP contribution in [0.4, 0.5) is 5.69 Å². The summed E-state index contributed by atoms with van der Waals surface area (Å²) in [5, 5.41) is 3.03. The van der Waals surface area contributed by atoms with Gasteiger partial charge in [0.15, 0.2) is 0 Å². The van der Waals surface area contributed by atoms with Crippen LogP contribution < -0.4 is 11.1 Å². The number of carbonyl (C=O) groups excluding carboxylic acids is 1. The third-order valence-electron chi connectivity index (χ3n) is 4.19. The maximum Gasteiger partial charge on any atom is 0.251 e. The molecule has 1 amide bonds. The Labute approximate surface area is 121 Å². The zero-order valence-electron chi connectivity index (χ0n) is 12.5. The Bertz CT molecular complexity index is 467. The number of nitrogens with one attached hydrogen (secondary N) is 1. The van der Waals surface area contributed by atoms with Crippen LogP contribution in [-0.2, 0) is 0 Å². The van der Waals surface area contributed by atoms with Crippen molar-refractivity contribution in [3.8, 4) is 0 Å². The first-order chi connectivity index (χ1) is 9.59. The SMILES string of the molecule is Cc1c(N)cccc1C(=O)NCC(C)N1CCCCC1. The first-order valence-corrected chi connectivity index (χ1v) is 7.47. The van der Waals surface area contributed by atoms with Crippen molar-refractivity contribution in [3.05, 3.63) is 29.3 Å². The second-order valence-electron chi connectivity index (χ2n) is 5.68. The van der Waals surface area contributed by atoms with Gasteiger partial charge in [-0.1, -0.05) is 12.5 Å². The second kappa shape index (κ2) is 6.75. The Hall–Kier alpha value is -1.55. The molecule has 1 unspecified atom stereocenters. The van der Waals surface area contributed by atoms with E-state index >= 15 is 0 Å². The Morgan fingerprint density at radius 1 is 1.35 bits per heavy atom. The molecular formula is C16H25N3O. The number of carbonyl (C=O) groups is 1. The molecule has 1 heterocycles. The Kier molecular flexibility index (Phi) is 5.01. The van der Waals surface area contributed by atoms with Crippen molar-refractivity contribution in [1.82, 2.24) is 10.2 Å². The lowest BCUT2D eigenvalue weighted by Gasteiger charge is -2.32. The highest BCUT2D eigenvalue weighted by Crippen LogP contribution is 2.15. The molecule has 1 aromatic rings. The first-order valence-electron chi connectivity index (χ1n) is 7.47. The standard InChI is InChI=1S/C16H25N3O/c1-12(19-9-4-3-5-10-19)11-18-16(20)14-7-6-8-15(17)13(14)2/h6-8,12H,3-5,9-11,17H2,1-2H3,(H,18,20). The Morgan fingerprint density at radius 2 is 2.05 bits per heavy atom. The van der Waals surface area contributed by atoms with Crippen LogP contribution in [0.3, 0.4) is 0 Å². The third kappa shape index (κ3) is 3.51. The van der Waals surface area contributed by atoms with Gasteiger partial charge in [-0.25, -0.2) is 0 Å². The molecule has 1 aliphatic heterocycles. The van der Waals surface area contributed by atoms with Gasteiger partial charge < -0.3 is 11.1 Å². The summed E-state index contributed by atoms with van der Waals surface area (Å²) < 4.78 is 0. The summed E-state index contributed by atoms with van der Waals surface area (Å²) in [5.74, 6) is -0.0290. The number of rotatable bonds is 4. The Morgan fingerprint density at radius 3 is 2.75 bits per heavy atom. The molecule has 0 saturated carbocycles. The summed E-state index contributed by atoms with van der Waals surface area (Å²) in [6.07, 6.45) is 3.87. The highest BCUT2D eigenvalue weighted by atomic mass is 16.1. The molecule has 1 saturated heterocycles. The number of hydrogen-bond donors (Lipinski definition) is 2. The molecular weight excluding hydrogens is 250 g/mol. The zero-order valence-corrected chi connectivity index (χ0v) is 12.5. The number of amides is 1. The molecule has 0 radical (unpaired) electrons. The fourth-order valence-corrected chi connectivity index (χ4v) is 2.72. The number of anilines is 1. The number of likely N-dealkylation sites (tertiary alicyclic amines) is 1. The molecule has 0 spiro atoms. The number of hydrogen-bond acceptors (Lipinski definition) is 3. The van der Waals surface area contributed by atoms with Crippen molar-refractivity contribution >= 4 is 11.6 Å². The summed E-state index contributed by atoms with van der Waals surface area (Å²) in [4.78, 5) is 14.7. The van der Waals surface area contributed by atoms with E-state index in [4.69, 9.17) is 5.73 Å². The Balaban J connectivity index is 1.89. The lowest BCUT2D eigenvalue weighted by atomic mass is 10.1. The topological polar surface area (TPSA) is 58.4 Å². The van der Waals surface area contributed by atoms with Gasteiger partial charge in [0, 0.05) is 23.8 Å². The van der Waals surface area contributed by atoms with Crippen LogP contribution in [0.25, 0.3) is 0 Å². The van der Waals surface area contributed by atoms with Crippen LogP contribution in [0.15, 0.2) is 18.2 Å². The van der Waals surface area contributed by atoms with E-state index in [1.807, 2.05) is 25.1 Å². The predicted octanol–water partition coefficient (Wildman–Crippen LogP) is 2.18. The van der Waals surface area contributed by atoms with E-state index in [1.54, 1.807) is 0 Å². The van der Waals surface area contributed by atoms with Crippen LogP contribution in [0.1, 0.15) is 42.1 Å². The molecule has 20 heavy (non-hydrogen) atoms. The molecule has 3 N–H and O–H groups in total. The molecule has 4 nitrogen and oxygen atoms in total. The summed E-state index contributed by atoms with van der Waals surface area (Å²) in [5.41, 5.74) is 8.05. The lowest BCUT2D eigenvalue weighted by molar-refractivity contribution is 0.0929. The zero-order chi connectivity index (χ0) is 14.5. The summed E-state index contributed by atoms with van der Waals surface area (Å²) in [6.45, 7) is 7.05. The van der Waals surface area contributed by atoms with Gasteiger partial charge in [-0.05, 0) is 57.5 Å². The summed E-state index contributed by atoms with van der Waals surface area (Å²) in [7, 11) is 0. The van der Waals surface area contributed by atoms with Crippen LogP contribution in [0.5, 0.6) is 0 Å². The molecule has 0 aliphatic carbocycles. The average Bonchev–Trinajstić information content (AvgIpc) is 2.48. The van der Waals surface area contributed by atoms with Crippen molar-refractivity contribution in [2.24, 2.45) is 0 Å². The van der Waals surface area contributed by atoms with Gasteiger partial charge in [0.1, 0.15) is 0 Å². The molecule has 0 bridgehead atoms. The quantitative estimate of drug-likeness (QED) is 0.828. The lowest BCUT2D eigenvalue weighted by Crippen LogP contribution is -2.44. The highest BCUT2D eigenvalue weighted by Gasteiger charge is 2.18. The smallest absolute Gasteiger partial charge is 0.251 e. The van der Waals surface area contributed by atoms with E-state index in [9.17, 15) is 4.79 Å². The van der Waals surface area contributed by atoms with Crippen LogP contribution in [0, 0.1) is 6.92 Å². The molecule has 0 aromatic heterocycles. The number of nitrogens with two attached hydrogens (primary N) is 1. The largest absolute Gasteiger partial charge is 0.398 e. The van der Waals surface area contributed by atoms with Crippen molar-refractivity contribution in [3.63, 3.8) is 0 Å². The van der Waals surface area contributed by atoms with E-state index in [-0.39, 0.29) is 5.91 Å². The molecule has 1 aromatic carbocycles. The van der Waals surface area contributed by atoms with Gasteiger partial charge in [0.05, 0.1) is 0 Å². The maximum absolute atomic E-state index is 12.2. The van der Waals surface area contributed by atoms with E-state index in [0.717, 1.165) is 18.7 Å². The van der Waals surface area contributed by atoms with E-state index < -0.39 is 0 Å². The minimum absolute atomic E-state index is 0.0290. The maximum atomic E-state index is 12.2. The van der Waals surface area contributed by atoms with Gasteiger partial charge >= 0.3 is 0 Å². The van der Waals surface area contributed by atoms with E-state index in [0.29, 0.717) is 23.8 Å². The molecule has 1 atom stereocenters. The number of piperidine rings is 1. The van der Waals surface area contributed by atoms with Gasteiger partial charge in [-0.15, -0.1) is 0 Å². The average molecular weight is 275 g/mol. The predicted molar refractivity (Wildman–Crippen MR) is 82.8 cm³/mol. The third-order valence-corrected chi connectivity index (χ3v) is 4.19. The first kappa shape index (κ1) is 14.9. The van der Waals surface area contributed by atoms with Crippen LogP contribution in [-0.4, -0.2) is 36.5 Å². The molecule has 4 heteroatoms.